The monoisotopic (exact) mass is 380 g/mol. The van der Waals surface area contributed by atoms with E-state index in [2.05, 4.69) is 4.72 Å². The molecule has 0 aliphatic heterocycles. The molecular weight excluding hydrogens is 368 g/mol. The summed E-state index contributed by atoms with van der Waals surface area (Å²) in [6, 6.07) is 12.1. The molecule has 7 nitrogen and oxygen atoms in total. The maximum Gasteiger partial charge on any atom is 0.356 e. The Balaban J connectivity index is 1.93. The molecule has 0 radical (unpaired) electrons. The van der Waals surface area contributed by atoms with E-state index in [-0.39, 0.29) is 22.7 Å². The zero-order valence-corrected chi connectivity index (χ0v) is 14.3. The van der Waals surface area contributed by atoms with Gasteiger partial charge in [-0.05, 0) is 29.8 Å². The second kappa shape index (κ2) is 6.40. The molecule has 2 aromatic carbocycles. The summed E-state index contributed by atoms with van der Waals surface area (Å²) in [5.74, 6) is -1.32. The third-order valence-corrected chi connectivity index (χ3v) is 5.46. The highest BCUT2D eigenvalue weighted by Gasteiger charge is 2.19. The van der Waals surface area contributed by atoms with Gasteiger partial charge in [-0.25, -0.2) is 17.9 Å². The van der Waals surface area contributed by atoms with Crippen molar-refractivity contribution in [3.8, 4) is 0 Å². The first-order chi connectivity index (χ1) is 11.8. The molecule has 1 aromatic heterocycles. The number of carboxylic acid groups (broad SMARTS) is 1. The van der Waals surface area contributed by atoms with Crippen LogP contribution in [-0.2, 0) is 16.6 Å². The molecule has 0 aliphatic carbocycles. The summed E-state index contributed by atoms with van der Waals surface area (Å²) in [6.07, 6.45) is 0. The number of rotatable bonds is 5. The molecule has 0 spiro atoms. The van der Waals surface area contributed by atoms with Gasteiger partial charge >= 0.3 is 5.97 Å². The van der Waals surface area contributed by atoms with Crippen molar-refractivity contribution in [1.82, 2.24) is 9.45 Å². The summed E-state index contributed by atoms with van der Waals surface area (Å²) in [4.78, 5) is 10.9. The molecule has 0 unspecified atom stereocenters. The van der Waals surface area contributed by atoms with Gasteiger partial charge in [0, 0.05) is 17.0 Å². The Labute approximate surface area is 148 Å². The molecule has 3 N–H and O–H groups in total. The van der Waals surface area contributed by atoms with Crippen LogP contribution in [0.25, 0.3) is 10.9 Å². The molecule has 0 aliphatic rings. The van der Waals surface area contributed by atoms with E-state index in [1.165, 1.54) is 24.3 Å². The van der Waals surface area contributed by atoms with E-state index in [4.69, 9.17) is 16.7 Å². The summed E-state index contributed by atoms with van der Waals surface area (Å²) in [7, 11) is -3.87. The molecule has 130 valence electrons. The second-order valence-electron chi connectivity index (χ2n) is 5.28. The van der Waals surface area contributed by atoms with Crippen molar-refractivity contribution in [3.63, 3.8) is 0 Å². The van der Waals surface area contributed by atoms with Crippen molar-refractivity contribution >= 4 is 38.5 Å². The predicted octanol–water partition coefficient (Wildman–Crippen LogP) is 2.71. The number of hydrogen-bond acceptors (Lipinski definition) is 4. The van der Waals surface area contributed by atoms with Gasteiger partial charge in [-0.1, -0.05) is 35.9 Å². The average Bonchev–Trinajstić information content (AvgIpc) is 2.91. The summed E-state index contributed by atoms with van der Waals surface area (Å²) in [5, 5.41) is 19.8. The minimum atomic E-state index is -3.87. The first kappa shape index (κ1) is 17.3. The van der Waals surface area contributed by atoms with Crippen LogP contribution in [0.15, 0.2) is 53.4 Å². The largest absolute Gasteiger partial charge is 0.476 e. The number of aromatic carboxylic acids is 1. The van der Waals surface area contributed by atoms with E-state index in [1.54, 1.807) is 24.3 Å². The van der Waals surface area contributed by atoms with Crippen LogP contribution in [0.5, 0.6) is 0 Å². The van der Waals surface area contributed by atoms with E-state index in [1.807, 2.05) is 0 Å². The van der Waals surface area contributed by atoms with E-state index < -0.39 is 16.0 Å². The topological polar surface area (TPSA) is 109 Å². The maximum atomic E-state index is 12.5. The molecule has 0 saturated heterocycles. The van der Waals surface area contributed by atoms with Gasteiger partial charge in [0.2, 0.25) is 10.0 Å². The number of carboxylic acids is 1. The second-order valence-corrected chi connectivity index (χ2v) is 7.46. The first-order valence-corrected chi connectivity index (χ1v) is 8.97. The van der Waals surface area contributed by atoms with Gasteiger partial charge in [0.1, 0.15) is 0 Å². The van der Waals surface area contributed by atoms with Crippen molar-refractivity contribution in [1.29, 1.82) is 0 Å². The Bertz CT molecular complexity index is 1080. The molecular formula is C16H13ClN2O5S. The quantitative estimate of drug-likeness (QED) is 0.590. The minimum Gasteiger partial charge on any atom is -0.476 e. The van der Waals surface area contributed by atoms with Crippen LogP contribution >= 0.6 is 11.6 Å². The molecule has 9 heteroatoms. The van der Waals surface area contributed by atoms with Crippen molar-refractivity contribution in [3.05, 3.63) is 64.8 Å². The molecule has 1 heterocycles. The lowest BCUT2D eigenvalue weighted by Crippen LogP contribution is -2.23. The number of nitrogens with one attached hydrogen (secondary N) is 1. The smallest absolute Gasteiger partial charge is 0.356 e. The van der Waals surface area contributed by atoms with Crippen LogP contribution in [0.1, 0.15) is 16.1 Å². The van der Waals surface area contributed by atoms with Gasteiger partial charge < -0.3 is 10.3 Å². The molecule has 0 saturated carbocycles. The lowest BCUT2D eigenvalue weighted by atomic mass is 10.2. The fourth-order valence-corrected chi connectivity index (χ4v) is 3.61. The minimum absolute atomic E-state index is 0.000552. The van der Waals surface area contributed by atoms with Crippen LogP contribution < -0.4 is 4.72 Å². The Kier molecular flexibility index (Phi) is 4.42. The molecule has 3 rings (SSSR count). The number of benzene rings is 2. The third kappa shape index (κ3) is 3.32. The molecule has 0 fully saturated rings. The van der Waals surface area contributed by atoms with Crippen LogP contribution in [0.3, 0.4) is 0 Å². The van der Waals surface area contributed by atoms with Crippen LogP contribution in [0.4, 0.5) is 0 Å². The third-order valence-electron chi connectivity index (χ3n) is 3.69. The van der Waals surface area contributed by atoms with Crippen molar-refractivity contribution in [2.24, 2.45) is 0 Å². The van der Waals surface area contributed by atoms with Gasteiger partial charge in [-0.2, -0.15) is 4.73 Å². The highest BCUT2D eigenvalue weighted by atomic mass is 35.5. The number of aromatic nitrogens is 1. The van der Waals surface area contributed by atoms with Crippen LogP contribution in [-0.4, -0.2) is 29.4 Å². The predicted molar refractivity (Wildman–Crippen MR) is 91.6 cm³/mol. The first-order valence-electron chi connectivity index (χ1n) is 7.11. The summed E-state index contributed by atoms with van der Waals surface area (Å²) < 4.78 is 27.8. The molecule has 3 aromatic rings. The van der Waals surface area contributed by atoms with Gasteiger partial charge in [-0.3, -0.25) is 0 Å². The summed E-state index contributed by atoms with van der Waals surface area (Å²) in [6.45, 7) is 0.000552. The lowest BCUT2D eigenvalue weighted by Gasteiger charge is -2.08. The normalized spacial score (nSPS) is 11.7. The Hall–Kier alpha value is -2.55. The molecule has 0 bridgehead atoms. The Morgan fingerprint density at radius 3 is 2.56 bits per heavy atom. The number of sulfonamides is 1. The summed E-state index contributed by atoms with van der Waals surface area (Å²) >= 11 is 6.00. The van der Waals surface area contributed by atoms with E-state index >= 15 is 0 Å². The lowest BCUT2D eigenvalue weighted by molar-refractivity contribution is 0.0649. The highest BCUT2D eigenvalue weighted by molar-refractivity contribution is 7.89. The van der Waals surface area contributed by atoms with Crippen LogP contribution in [0, 0.1) is 0 Å². The van der Waals surface area contributed by atoms with Gasteiger partial charge in [0.05, 0.1) is 10.4 Å². The van der Waals surface area contributed by atoms with Gasteiger partial charge in [0.25, 0.3) is 0 Å². The van der Waals surface area contributed by atoms with Gasteiger partial charge in [0.15, 0.2) is 5.69 Å². The van der Waals surface area contributed by atoms with E-state index in [0.29, 0.717) is 20.7 Å². The number of hydrogen-bond donors (Lipinski definition) is 3. The fraction of sp³-hybridized carbons (Fsp3) is 0.0625. The molecule has 25 heavy (non-hydrogen) atoms. The molecule has 0 amide bonds. The van der Waals surface area contributed by atoms with Crippen LogP contribution in [0.2, 0.25) is 5.02 Å². The number of nitrogens with zero attached hydrogens (tertiary/aromatic N) is 1. The Morgan fingerprint density at radius 2 is 1.88 bits per heavy atom. The highest BCUT2D eigenvalue weighted by Crippen LogP contribution is 2.23. The van der Waals surface area contributed by atoms with Gasteiger partial charge in [-0.15, -0.1) is 0 Å². The zero-order chi connectivity index (χ0) is 18.2. The maximum absolute atomic E-state index is 12.5. The standard InChI is InChI=1S/C16H13ClN2O5S/c17-13-4-2-1-3-11(13)9-18-25(23,24)12-6-5-10-7-15(16(20)21)19(22)14(10)8-12/h1-8,18,22H,9H2,(H,20,21). The number of halogens is 1. The number of carbonyl (C=O) groups is 1. The van der Waals surface area contributed by atoms with E-state index in [9.17, 15) is 18.4 Å². The van der Waals surface area contributed by atoms with Crippen molar-refractivity contribution in [2.75, 3.05) is 0 Å². The number of fused-ring (bicyclic) bond motifs is 1. The van der Waals surface area contributed by atoms with Crippen molar-refractivity contribution < 1.29 is 23.5 Å². The SMILES string of the molecule is O=C(O)c1cc2ccc(S(=O)(=O)NCc3ccccc3Cl)cc2n1O. The van der Waals surface area contributed by atoms with E-state index in [0.717, 1.165) is 0 Å². The molecule has 0 atom stereocenters. The average molecular weight is 381 g/mol. The fourth-order valence-electron chi connectivity index (χ4n) is 2.38. The Morgan fingerprint density at radius 1 is 1.16 bits per heavy atom. The zero-order valence-electron chi connectivity index (χ0n) is 12.7. The van der Waals surface area contributed by atoms with Crippen molar-refractivity contribution in [2.45, 2.75) is 11.4 Å². The summed E-state index contributed by atoms with van der Waals surface area (Å²) in [5.41, 5.74) is 0.346.